The Balaban J connectivity index is 1.94. The first-order chi connectivity index (χ1) is 11.5. The highest BCUT2D eigenvalue weighted by molar-refractivity contribution is 5.96. The van der Waals surface area contributed by atoms with Crippen molar-refractivity contribution in [3.63, 3.8) is 0 Å². The first-order valence-electron chi connectivity index (χ1n) is 8.37. The Labute approximate surface area is 140 Å². The van der Waals surface area contributed by atoms with E-state index < -0.39 is 0 Å². The van der Waals surface area contributed by atoms with Crippen molar-refractivity contribution in [1.29, 1.82) is 0 Å². The number of likely N-dealkylation sites (N-methyl/N-ethyl adjacent to an activating group) is 1. The van der Waals surface area contributed by atoms with Crippen molar-refractivity contribution in [2.24, 2.45) is 0 Å². The summed E-state index contributed by atoms with van der Waals surface area (Å²) in [5, 5.41) is 2.38. The fraction of sp³-hybridized carbons (Fsp3) is 0.471. The molecule has 3 heterocycles. The van der Waals surface area contributed by atoms with E-state index in [0.29, 0.717) is 17.6 Å². The SMILES string of the molecule is CCn1cc(C(=O)NN2CC[NH+](C)CC2)c(=O)c2ccc(C)nc21. The summed E-state index contributed by atoms with van der Waals surface area (Å²) in [7, 11) is 2.14. The van der Waals surface area contributed by atoms with E-state index in [2.05, 4.69) is 17.5 Å². The molecule has 1 aliphatic rings. The highest BCUT2D eigenvalue weighted by Crippen LogP contribution is 2.11. The third kappa shape index (κ3) is 3.18. The zero-order valence-electron chi connectivity index (χ0n) is 14.4. The Morgan fingerprint density at radius 2 is 2.04 bits per heavy atom. The molecule has 7 nitrogen and oxygen atoms in total. The van der Waals surface area contributed by atoms with E-state index in [1.165, 1.54) is 4.90 Å². The summed E-state index contributed by atoms with van der Waals surface area (Å²) in [6.07, 6.45) is 1.62. The molecule has 0 saturated carbocycles. The van der Waals surface area contributed by atoms with Gasteiger partial charge in [-0.2, -0.15) is 0 Å². The number of quaternary nitrogens is 1. The molecule has 0 aliphatic carbocycles. The predicted molar refractivity (Wildman–Crippen MR) is 92.1 cm³/mol. The van der Waals surface area contributed by atoms with Crippen LogP contribution < -0.4 is 15.8 Å². The van der Waals surface area contributed by atoms with E-state index >= 15 is 0 Å². The molecule has 1 amide bonds. The number of pyridine rings is 2. The Morgan fingerprint density at radius 1 is 1.33 bits per heavy atom. The summed E-state index contributed by atoms with van der Waals surface area (Å²) in [4.78, 5) is 31.2. The Morgan fingerprint density at radius 3 is 2.71 bits per heavy atom. The number of hydrogen-bond acceptors (Lipinski definition) is 4. The smallest absolute Gasteiger partial charge is 0.271 e. The van der Waals surface area contributed by atoms with Crippen molar-refractivity contribution in [1.82, 2.24) is 20.0 Å². The average Bonchev–Trinajstić information content (AvgIpc) is 2.57. The van der Waals surface area contributed by atoms with Crippen molar-refractivity contribution < 1.29 is 9.69 Å². The van der Waals surface area contributed by atoms with E-state index in [1.807, 2.05) is 23.4 Å². The molecule has 0 atom stereocenters. The van der Waals surface area contributed by atoms with Crippen molar-refractivity contribution >= 4 is 16.9 Å². The quantitative estimate of drug-likeness (QED) is 0.773. The third-order valence-electron chi connectivity index (χ3n) is 4.52. The second-order valence-corrected chi connectivity index (χ2v) is 6.37. The molecule has 1 aliphatic heterocycles. The monoisotopic (exact) mass is 330 g/mol. The van der Waals surface area contributed by atoms with Crippen LogP contribution in [0.1, 0.15) is 23.0 Å². The molecule has 1 fully saturated rings. The first-order valence-corrected chi connectivity index (χ1v) is 8.37. The lowest BCUT2D eigenvalue weighted by Crippen LogP contribution is -3.12. The molecule has 0 unspecified atom stereocenters. The predicted octanol–water partition coefficient (Wildman–Crippen LogP) is -0.800. The van der Waals surface area contributed by atoms with Crippen LogP contribution in [0.25, 0.3) is 11.0 Å². The minimum Gasteiger partial charge on any atom is -0.335 e. The molecule has 1 saturated heterocycles. The number of nitrogens with one attached hydrogen (secondary N) is 2. The number of aromatic nitrogens is 2. The van der Waals surface area contributed by atoms with Crippen molar-refractivity contribution in [2.45, 2.75) is 20.4 Å². The third-order valence-corrected chi connectivity index (χ3v) is 4.52. The van der Waals surface area contributed by atoms with Gasteiger partial charge in [-0.3, -0.25) is 15.0 Å². The van der Waals surface area contributed by atoms with Crippen molar-refractivity contribution in [2.75, 3.05) is 33.2 Å². The van der Waals surface area contributed by atoms with Crippen LogP contribution in [-0.4, -0.2) is 53.7 Å². The molecule has 128 valence electrons. The summed E-state index contributed by atoms with van der Waals surface area (Å²) in [6.45, 7) is 8.02. The lowest BCUT2D eigenvalue weighted by molar-refractivity contribution is -0.884. The highest BCUT2D eigenvalue weighted by Gasteiger charge is 2.21. The molecule has 3 rings (SSSR count). The second-order valence-electron chi connectivity index (χ2n) is 6.37. The largest absolute Gasteiger partial charge is 0.335 e. The van der Waals surface area contributed by atoms with Gasteiger partial charge in [0.2, 0.25) is 5.43 Å². The normalized spacial score (nSPS) is 16.5. The molecule has 0 radical (unpaired) electrons. The van der Waals surface area contributed by atoms with E-state index in [-0.39, 0.29) is 16.9 Å². The number of hydrazine groups is 1. The summed E-state index contributed by atoms with van der Waals surface area (Å²) in [6, 6.07) is 3.55. The number of fused-ring (bicyclic) bond motifs is 1. The van der Waals surface area contributed by atoms with Gasteiger partial charge in [0.05, 0.1) is 38.6 Å². The lowest BCUT2D eigenvalue weighted by Gasteiger charge is -2.30. The van der Waals surface area contributed by atoms with Crippen LogP contribution in [0.3, 0.4) is 0 Å². The van der Waals surface area contributed by atoms with E-state index in [9.17, 15) is 9.59 Å². The number of amides is 1. The molecule has 2 N–H and O–H groups in total. The van der Waals surface area contributed by atoms with Gasteiger partial charge >= 0.3 is 0 Å². The molecule has 2 aromatic rings. The molecule has 7 heteroatoms. The van der Waals surface area contributed by atoms with Gasteiger partial charge in [0.1, 0.15) is 11.2 Å². The summed E-state index contributed by atoms with van der Waals surface area (Å²) in [5.41, 5.74) is 4.25. The number of aryl methyl sites for hydroxylation is 2. The van der Waals surface area contributed by atoms with Gasteiger partial charge in [-0.25, -0.2) is 9.99 Å². The molecule has 0 bridgehead atoms. The van der Waals surface area contributed by atoms with Crippen LogP contribution in [0.15, 0.2) is 23.1 Å². The minimum absolute atomic E-state index is 0.168. The van der Waals surface area contributed by atoms with E-state index in [0.717, 1.165) is 31.9 Å². The van der Waals surface area contributed by atoms with Gasteiger partial charge < -0.3 is 9.47 Å². The number of nitrogens with zero attached hydrogens (tertiary/aromatic N) is 3. The molecular formula is C17H24N5O2+. The molecule has 0 spiro atoms. The van der Waals surface area contributed by atoms with Crippen molar-refractivity contribution in [3.8, 4) is 0 Å². The van der Waals surface area contributed by atoms with Gasteiger partial charge in [-0.1, -0.05) is 0 Å². The Kier molecular flexibility index (Phi) is 4.64. The number of rotatable bonds is 3. The van der Waals surface area contributed by atoms with Gasteiger partial charge in [0, 0.05) is 18.4 Å². The number of carbonyl (C=O) groups excluding carboxylic acids is 1. The average molecular weight is 330 g/mol. The fourth-order valence-corrected chi connectivity index (χ4v) is 2.97. The fourth-order valence-electron chi connectivity index (χ4n) is 2.97. The summed E-state index contributed by atoms with van der Waals surface area (Å²) < 4.78 is 1.85. The number of piperazine rings is 1. The summed E-state index contributed by atoms with van der Waals surface area (Å²) in [5.74, 6) is -0.343. The maximum atomic E-state index is 12.7. The van der Waals surface area contributed by atoms with Crippen LogP contribution in [0, 0.1) is 6.92 Å². The lowest BCUT2D eigenvalue weighted by atomic mass is 10.1. The van der Waals surface area contributed by atoms with Crippen LogP contribution in [0.5, 0.6) is 0 Å². The van der Waals surface area contributed by atoms with Crippen LogP contribution in [-0.2, 0) is 6.54 Å². The van der Waals surface area contributed by atoms with E-state index in [1.54, 1.807) is 18.3 Å². The standard InChI is InChI=1S/C17H23N5O2/c1-4-21-11-14(15(23)13-6-5-12(2)18-16(13)21)17(24)19-22-9-7-20(3)8-10-22/h5-6,11H,4,7-10H2,1-3H3,(H,19,24)/p+1. The molecule has 24 heavy (non-hydrogen) atoms. The van der Waals surface area contributed by atoms with Gasteiger partial charge in [0.25, 0.3) is 5.91 Å². The second kappa shape index (κ2) is 6.70. The zero-order valence-corrected chi connectivity index (χ0v) is 14.4. The maximum Gasteiger partial charge on any atom is 0.271 e. The maximum absolute atomic E-state index is 12.7. The molecule has 0 aromatic carbocycles. The minimum atomic E-state index is -0.343. The Bertz CT molecular complexity index is 822. The molecule has 2 aromatic heterocycles. The zero-order chi connectivity index (χ0) is 17.3. The first kappa shape index (κ1) is 16.6. The van der Waals surface area contributed by atoms with Crippen LogP contribution in [0.4, 0.5) is 0 Å². The number of carbonyl (C=O) groups is 1. The van der Waals surface area contributed by atoms with Gasteiger partial charge in [-0.05, 0) is 26.0 Å². The Hall–Kier alpha value is -2.25. The van der Waals surface area contributed by atoms with Crippen LogP contribution >= 0.6 is 0 Å². The summed E-state index contributed by atoms with van der Waals surface area (Å²) >= 11 is 0. The van der Waals surface area contributed by atoms with Gasteiger partial charge in [0.15, 0.2) is 0 Å². The van der Waals surface area contributed by atoms with E-state index in [4.69, 9.17) is 0 Å². The highest BCUT2D eigenvalue weighted by atomic mass is 16.2. The number of hydrogen-bond donors (Lipinski definition) is 2. The van der Waals surface area contributed by atoms with Crippen LogP contribution in [0.2, 0.25) is 0 Å². The topological polar surface area (TPSA) is 71.7 Å². The van der Waals surface area contributed by atoms with Gasteiger partial charge in [-0.15, -0.1) is 0 Å². The van der Waals surface area contributed by atoms with Crippen molar-refractivity contribution in [3.05, 3.63) is 39.8 Å². The molecular weight excluding hydrogens is 306 g/mol.